The van der Waals surface area contributed by atoms with Crippen LogP contribution in [0.4, 0.5) is 5.13 Å². The highest BCUT2D eigenvalue weighted by Gasteiger charge is 2.20. The van der Waals surface area contributed by atoms with E-state index in [1.807, 2.05) is 0 Å². The van der Waals surface area contributed by atoms with Crippen LogP contribution >= 0.6 is 11.3 Å². The van der Waals surface area contributed by atoms with Gasteiger partial charge in [-0.05, 0) is 37.8 Å². The topological polar surface area (TPSA) is 29.9 Å². The van der Waals surface area contributed by atoms with Crippen molar-refractivity contribution in [3.05, 3.63) is 35.3 Å². The molecule has 2 aromatic heterocycles. The second-order valence-corrected chi connectivity index (χ2v) is 8.18. The Bertz CT molecular complexity index is 861. The summed E-state index contributed by atoms with van der Waals surface area (Å²) in [7, 11) is 2.11. The van der Waals surface area contributed by atoms with Crippen LogP contribution in [0.3, 0.4) is 0 Å². The Morgan fingerprint density at radius 2 is 2.17 bits per heavy atom. The average molecular weight is 340 g/mol. The molecule has 1 aliphatic carbocycles. The van der Waals surface area contributed by atoms with Gasteiger partial charge in [-0.2, -0.15) is 0 Å². The van der Waals surface area contributed by atoms with Crippen LogP contribution in [0.5, 0.6) is 0 Å². The number of aryl methyl sites for hydroxylation is 2. The van der Waals surface area contributed by atoms with Gasteiger partial charge in [0, 0.05) is 41.1 Å². The lowest BCUT2D eigenvalue weighted by atomic mass is 9.87. The first-order valence-electron chi connectivity index (χ1n) is 8.88. The Morgan fingerprint density at radius 1 is 1.29 bits per heavy atom. The van der Waals surface area contributed by atoms with Crippen LogP contribution in [-0.4, -0.2) is 15.6 Å². The molecule has 4 rings (SSSR count). The van der Waals surface area contributed by atoms with E-state index in [9.17, 15) is 0 Å². The second kappa shape index (κ2) is 6.25. The molecule has 126 valence electrons. The molecule has 0 spiro atoms. The lowest BCUT2D eigenvalue weighted by Gasteiger charge is -2.27. The molecule has 24 heavy (non-hydrogen) atoms. The molecule has 0 amide bonds. The van der Waals surface area contributed by atoms with Gasteiger partial charge in [-0.1, -0.05) is 31.4 Å². The van der Waals surface area contributed by atoms with Crippen molar-refractivity contribution in [3.8, 4) is 11.3 Å². The predicted molar refractivity (Wildman–Crippen MR) is 104 cm³/mol. The molecule has 4 heteroatoms. The van der Waals surface area contributed by atoms with Crippen molar-refractivity contribution in [1.29, 1.82) is 0 Å². The summed E-state index contributed by atoms with van der Waals surface area (Å²) in [6.07, 6.45) is 7.44. The van der Waals surface area contributed by atoms with Gasteiger partial charge in [0.2, 0.25) is 0 Å². The molecule has 1 fully saturated rings. The minimum absolute atomic E-state index is 0.586. The van der Waals surface area contributed by atoms with Crippen molar-refractivity contribution >= 4 is 27.4 Å². The molecule has 1 saturated carbocycles. The minimum Gasteiger partial charge on any atom is -0.359 e. The summed E-state index contributed by atoms with van der Waals surface area (Å²) >= 11 is 1.73. The molecule has 0 bridgehead atoms. The van der Waals surface area contributed by atoms with E-state index in [1.54, 1.807) is 11.3 Å². The number of benzene rings is 1. The van der Waals surface area contributed by atoms with E-state index < -0.39 is 0 Å². The number of nitrogens with zero attached hydrogens (tertiary/aromatic N) is 2. The summed E-state index contributed by atoms with van der Waals surface area (Å²) in [6, 6.07) is 7.22. The number of rotatable bonds is 3. The molecule has 1 N–H and O–H groups in total. The van der Waals surface area contributed by atoms with Crippen LogP contribution in [0.25, 0.3) is 22.2 Å². The Morgan fingerprint density at radius 3 is 3.00 bits per heavy atom. The second-order valence-electron chi connectivity index (χ2n) is 7.33. The molecular formula is C20H25N3S. The van der Waals surface area contributed by atoms with Crippen LogP contribution < -0.4 is 5.32 Å². The summed E-state index contributed by atoms with van der Waals surface area (Å²) in [4.78, 5) is 4.89. The maximum atomic E-state index is 4.89. The van der Waals surface area contributed by atoms with Gasteiger partial charge in [-0.25, -0.2) is 4.98 Å². The van der Waals surface area contributed by atoms with E-state index in [4.69, 9.17) is 4.98 Å². The maximum Gasteiger partial charge on any atom is 0.183 e. The van der Waals surface area contributed by atoms with Gasteiger partial charge < -0.3 is 9.88 Å². The molecule has 3 aromatic rings. The molecule has 2 atom stereocenters. The fraction of sp³-hybridized carbons (Fsp3) is 0.450. The van der Waals surface area contributed by atoms with Crippen LogP contribution in [0.1, 0.15) is 38.2 Å². The molecule has 0 aliphatic heterocycles. The maximum absolute atomic E-state index is 4.89. The van der Waals surface area contributed by atoms with E-state index in [0.29, 0.717) is 6.04 Å². The lowest BCUT2D eigenvalue weighted by Crippen LogP contribution is -2.26. The van der Waals surface area contributed by atoms with Crippen molar-refractivity contribution in [1.82, 2.24) is 9.55 Å². The van der Waals surface area contributed by atoms with Gasteiger partial charge in [-0.15, -0.1) is 11.3 Å². The highest BCUT2D eigenvalue weighted by atomic mass is 32.1. The van der Waals surface area contributed by atoms with Gasteiger partial charge in [-0.3, -0.25) is 0 Å². The molecule has 2 unspecified atom stereocenters. The summed E-state index contributed by atoms with van der Waals surface area (Å²) in [5, 5.41) is 8.21. The number of nitrogens with one attached hydrogen (secondary N) is 1. The number of thiazole rings is 1. The number of aromatic nitrogens is 2. The summed E-state index contributed by atoms with van der Waals surface area (Å²) in [5.41, 5.74) is 4.87. The van der Waals surface area contributed by atoms with Crippen molar-refractivity contribution in [2.75, 3.05) is 5.32 Å². The quantitative estimate of drug-likeness (QED) is 0.673. The summed E-state index contributed by atoms with van der Waals surface area (Å²) in [6.45, 7) is 4.51. The Balaban J connectivity index is 1.62. The number of hydrogen-bond donors (Lipinski definition) is 1. The Kier molecular flexibility index (Phi) is 4.09. The third-order valence-corrected chi connectivity index (χ3v) is 5.96. The first kappa shape index (κ1) is 15.7. The van der Waals surface area contributed by atoms with Crippen molar-refractivity contribution in [3.63, 3.8) is 0 Å². The van der Waals surface area contributed by atoms with Crippen molar-refractivity contribution in [2.24, 2.45) is 13.0 Å². The molecule has 2 heterocycles. The molecule has 3 nitrogen and oxygen atoms in total. The normalized spacial score (nSPS) is 21.3. The Hall–Kier alpha value is -1.81. The monoisotopic (exact) mass is 339 g/mol. The third kappa shape index (κ3) is 2.95. The average Bonchev–Trinajstić information content (AvgIpc) is 3.12. The van der Waals surface area contributed by atoms with E-state index in [1.165, 1.54) is 47.7 Å². The van der Waals surface area contributed by atoms with Crippen LogP contribution in [-0.2, 0) is 7.05 Å². The zero-order chi connectivity index (χ0) is 16.7. The zero-order valence-electron chi connectivity index (χ0n) is 14.7. The molecular weight excluding hydrogens is 314 g/mol. The van der Waals surface area contributed by atoms with E-state index >= 15 is 0 Å². The first-order chi connectivity index (χ1) is 11.6. The lowest BCUT2D eigenvalue weighted by molar-refractivity contribution is 0.358. The van der Waals surface area contributed by atoms with Gasteiger partial charge in [0.05, 0.1) is 5.69 Å². The molecule has 0 saturated heterocycles. The van der Waals surface area contributed by atoms with Crippen molar-refractivity contribution < 1.29 is 0 Å². The number of fused-ring (bicyclic) bond motifs is 1. The zero-order valence-corrected chi connectivity index (χ0v) is 15.5. The minimum atomic E-state index is 0.586. The van der Waals surface area contributed by atoms with Crippen LogP contribution in [0, 0.1) is 12.8 Å². The van der Waals surface area contributed by atoms with Crippen LogP contribution in [0.2, 0.25) is 0 Å². The summed E-state index contributed by atoms with van der Waals surface area (Å²) in [5.74, 6) is 0.830. The number of anilines is 1. The molecule has 1 aromatic carbocycles. The highest BCUT2D eigenvalue weighted by molar-refractivity contribution is 7.14. The third-order valence-electron chi connectivity index (χ3n) is 5.19. The van der Waals surface area contributed by atoms with Gasteiger partial charge in [0.25, 0.3) is 0 Å². The van der Waals surface area contributed by atoms with Gasteiger partial charge >= 0.3 is 0 Å². The fourth-order valence-electron chi connectivity index (χ4n) is 3.91. The molecule has 1 aliphatic rings. The number of hydrogen-bond acceptors (Lipinski definition) is 3. The SMILES string of the molecule is Cc1ccc2c(c1)c(-c1csc(NC3CCCC(C)C3)n1)cn2C. The van der Waals surface area contributed by atoms with Gasteiger partial charge in [0.15, 0.2) is 5.13 Å². The smallest absolute Gasteiger partial charge is 0.183 e. The van der Waals surface area contributed by atoms with E-state index in [0.717, 1.165) is 16.7 Å². The largest absolute Gasteiger partial charge is 0.359 e. The van der Waals surface area contributed by atoms with Crippen LogP contribution in [0.15, 0.2) is 29.8 Å². The van der Waals surface area contributed by atoms with E-state index in [2.05, 4.69) is 60.6 Å². The Labute approximate surface area is 147 Å². The fourth-order valence-corrected chi connectivity index (χ4v) is 4.70. The van der Waals surface area contributed by atoms with Crippen molar-refractivity contribution in [2.45, 2.75) is 45.6 Å². The highest BCUT2D eigenvalue weighted by Crippen LogP contribution is 2.34. The predicted octanol–water partition coefficient (Wildman–Crippen LogP) is 5.60. The van der Waals surface area contributed by atoms with Gasteiger partial charge in [0.1, 0.15) is 0 Å². The first-order valence-corrected chi connectivity index (χ1v) is 9.76. The molecule has 0 radical (unpaired) electrons. The summed E-state index contributed by atoms with van der Waals surface area (Å²) < 4.78 is 2.19. The van der Waals surface area contributed by atoms with E-state index in [-0.39, 0.29) is 0 Å². The standard InChI is InChI=1S/C20H25N3S/c1-13-5-4-6-15(9-13)21-20-22-18(12-24-20)17-11-23(3)19-8-7-14(2)10-16(17)19/h7-8,10-13,15H,4-6,9H2,1-3H3,(H,21,22).